The van der Waals surface area contributed by atoms with Crippen LogP contribution in [0.5, 0.6) is 0 Å². The second-order valence-electron chi connectivity index (χ2n) is 5.59. The van der Waals surface area contributed by atoms with Gasteiger partial charge in [-0.2, -0.15) is 0 Å². The number of thioether (sulfide) groups is 1. The fourth-order valence-electron chi connectivity index (χ4n) is 2.41. The van der Waals surface area contributed by atoms with Crippen LogP contribution in [0.1, 0.15) is 21.3 Å². The highest BCUT2D eigenvalue weighted by molar-refractivity contribution is 8.00. The number of pyridine rings is 1. The van der Waals surface area contributed by atoms with Gasteiger partial charge in [0.15, 0.2) is 0 Å². The molecule has 1 aliphatic rings. The molecule has 1 saturated heterocycles. The Morgan fingerprint density at radius 3 is 2.50 bits per heavy atom. The van der Waals surface area contributed by atoms with E-state index >= 15 is 0 Å². The van der Waals surface area contributed by atoms with E-state index in [9.17, 15) is 9.59 Å². The van der Waals surface area contributed by atoms with Crippen molar-refractivity contribution in [3.05, 3.63) is 59.9 Å². The summed E-state index contributed by atoms with van der Waals surface area (Å²) in [5, 5.41) is 1.19. The van der Waals surface area contributed by atoms with Crippen LogP contribution in [0.4, 0.5) is 5.69 Å². The van der Waals surface area contributed by atoms with Gasteiger partial charge in [-0.1, -0.05) is 12.1 Å². The Morgan fingerprint density at radius 1 is 1.21 bits per heavy atom. The first-order valence-electron chi connectivity index (χ1n) is 7.48. The Hall–Kier alpha value is -2.54. The predicted molar refractivity (Wildman–Crippen MR) is 94.5 cm³/mol. The van der Waals surface area contributed by atoms with Crippen LogP contribution in [0.25, 0.3) is 0 Å². The van der Waals surface area contributed by atoms with Gasteiger partial charge in [-0.15, -0.1) is 11.8 Å². The molecular weight excluding hydrogens is 324 g/mol. The number of hydrogen-bond donors (Lipinski definition) is 1. The van der Waals surface area contributed by atoms with E-state index in [2.05, 4.69) is 10.4 Å². The Balaban J connectivity index is 1.78. The molecule has 3 rings (SSSR count). The molecule has 0 radical (unpaired) electrons. The summed E-state index contributed by atoms with van der Waals surface area (Å²) in [4.78, 5) is 30.4. The van der Waals surface area contributed by atoms with Gasteiger partial charge in [-0.05, 0) is 29.8 Å². The number of carbonyl (C=O) groups is 2. The number of rotatable bonds is 4. The molecule has 1 aromatic carbocycles. The summed E-state index contributed by atoms with van der Waals surface area (Å²) in [7, 11) is 3.95. The largest absolute Gasteiger partial charge is 0.378 e. The minimum atomic E-state index is -0.317. The highest BCUT2D eigenvalue weighted by Gasteiger charge is 2.34. The van der Waals surface area contributed by atoms with Crippen molar-refractivity contribution in [1.29, 1.82) is 0 Å². The number of nitrogens with one attached hydrogen (secondary N) is 1. The minimum absolute atomic E-state index is 0.107. The number of anilines is 1. The third-order valence-corrected chi connectivity index (χ3v) is 4.94. The van der Waals surface area contributed by atoms with Gasteiger partial charge in [0.2, 0.25) is 0 Å². The molecule has 2 amide bonds. The van der Waals surface area contributed by atoms with Crippen LogP contribution >= 0.6 is 11.8 Å². The van der Waals surface area contributed by atoms with E-state index in [1.54, 1.807) is 24.5 Å². The van der Waals surface area contributed by atoms with Crippen molar-refractivity contribution in [3.8, 4) is 0 Å². The monoisotopic (exact) mass is 342 g/mol. The van der Waals surface area contributed by atoms with Gasteiger partial charge < -0.3 is 4.90 Å². The number of nitrogens with zero attached hydrogens (tertiary/aromatic N) is 3. The molecule has 0 saturated carbocycles. The lowest BCUT2D eigenvalue weighted by atomic mass is 10.2. The molecule has 0 bridgehead atoms. The van der Waals surface area contributed by atoms with Crippen LogP contribution < -0.4 is 10.3 Å². The first-order chi connectivity index (χ1) is 11.6. The first kappa shape index (κ1) is 16.3. The lowest BCUT2D eigenvalue weighted by Crippen LogP contribution is -2.44. The Bertz CT molecular complexity index is 734. The molecule has 1 unspecified atom stereocenters. The molecule has 6 nitrogen and oxygen atoms in total. The number of hydrogen-bond acceptors (Lipinski definition) is 5. The third-order valence-electron chi connectivity index (χ3n) is 3.73. The summed E-state index contributed by atoms with van der Waals surface area (Å²) < 4.78 is 0. The van der Waals surface area contributed by atoms with Crippen LogP contribution in [0.2, 0.25) is 0 Å². The maximum Gasteiger partial charge on any atom is 0.270 e. The fourth-order valence-corrected chi connectivity index (χ4v) is 3.51. The number of benzene rings is 1. The quantitative estimate of drug-likeness (QED) is 0.921. The van der Waals surface area contributed by atoms with Crippen LogP contribution in [0, 0.1) is 0 Å². The Labute approximate surface area is 144 Å². The molecule has 1 aliphatic heterocycles. The summed E-state index contributed by atoms with van der Waals surface area (Å²) in [5.74, 6) is -0.0799. The number of hydrazine groups is 1. The zero-order valence-corrected chi connectivity index (χ0v) is 14.3. The second kappa shape index (κ2) is 6.92. The van der Waals surface area contributed by atoms with Crippen molar-refractivity contribution in [3.63, 3.8) is 0 Å². The van der Waals surface area contributed by atoms with E-state index in [4.69, 9.17) is 0 Å². The molecule has 0 aliphatic carbocycles. The molecule has 7 heteroatoms. The average molecular weight is 342 g/mol. The van der Waals surface area contributed by atoms with Crippen molar-refractivity contribution >= 4 is 29.3 Å². The molecule has 1 N–H and O–H groups in total. The number of aromatic nitrogens is 1. The summed E-state index contributed by atoms with van der Waals surface area (Å²) in [6.07, 6.45) is 3.10. The van der Waals surface area contributed by atoms with E-state index in [1.807, 2.05) is 43.3 Å². The summed E-state index contributed by atoms with van der Waals surface area (Å²) in [6.45, 7) is 0. The maximum atomic E-state index is 12.3. The highest BCUT2D eigenvalue weighted by atomic mass is 32.2. The average Bonchev–Trinajstić information content (AvgIpc) is 2.96. The van der Waals surface area contributed by atoms with Crippen molar-refractivity contribution in [2.75, 3.05) is 24.7 Å². The van der Waals surface area contributed by atoms with Crippen molar-refractivity contribution in [2.24, 2.45) is 0 Å². The molecule has 24 heavy (non-hydrogen) atoms. The summed E-state index contributed by atoms with van der Waals surface area (Å²) in [6, 6.07) is 11.2. The Morgan fingerprint density at radius 2 is 1.88 bits per heavy atom. The zero-order chi connectivity index (χ0) is 17.1. The van der Waals surface area contributed by atoms with Crippen LogP contribution in [0.3, 0.4) is 0 Å². The van der Waals surface area contributed by atoms with Crippen molar-refractivity contribution in [2.45, 2.75) is 5.37 Å². The highest BCUT2D eigenvalue weighted by Crippen LogP contribution is 2.37. The molecule has 1 fully saturated rings. The number of amides is 2. The standard InChI is InChI=1S/C17H18N4O2S/c1-20(2)14-5-3-13(4-6-14)17-21(15(22)11-24-17)19-16(23)12-7-9-18-10-8-12/h3-10,17H,11H2,1-2H3,(H,19,23). The zero-order valence-electron chi connectivity index (χ0n) is 13.5. The Kier molecular flexibility index (Phi) is 4.71. The van der Waals surface area contributed by atoms with Gasteiger partial charge in [0, 0.05) is 37.7 Å². The number of carbonyl (C=O) groups excluding carboxylic acids is 2. The topological polar surface area (TPSA) is 65.5 Å². The van der Waals surface area contributed by atoms with Gasteiger partial charge in [0.1, 0.15) is 5.37 Å². The van der Waals surface area contributed by atoms with Gasteiger partial charge in [-0.3, -0.25) is 20.0 Å². The molecule has 124 valence electrons. The maximum absolute atomic E-state index is 12.3. The lowest BCUT2D eigenvalue weighted by Gasteiger charge is -2.25. The first-order valence-corrected chi connectivity index (χ1v) is 8.53. The summed E-state index contributed by atoms with van der Waals surface area (Å²) in [5.41, 5.74) is 5.25. The molecule has 1 aromatic heterocycles. The molecule has 2 heterocycles. The second-order valence-corrected chi connectivity index (χ2v) is 6.66. The molecular formula is C17H18N4O2S. The third kappa shape index (κ3) is 3.35. The lowest BCUT2D eigenvalue weighted by molar-refractivity contribution is -0.130. The van der Waals surface area contributed by atoms with E-state index < -0.39 is 0 Å². The van der Waals surface area contributed by atoms with Gasteiger partial charge in [0.25, 0.3) is 11.8 Å². The smallest absolute Gasteiger partial charge is 0.270 e. The van der Waals surface area contributed by atoms with Crippen LogP contribution in [-0.4, -0.2) is 41.7 Å². The SMILES string of the molecule is CN(C)c1ccc(C2SCC(=O)N2NC(=O)c2ccncc2)cc1. The molecule has 0 spiro atoms. The van der Waals surface area contributed by atoms with E-state index in [1.165, 1.54) is 16.8 Å². The molecule has 2 aromatic rings. The van der Waals surface area contributed by atoms with E-state index in [0.717, 1.165) is 11.3 Å². The van der Waals surface area contributed by atoms with Crippen molar-refractivity contribution < 1.29 is 9.59 Å². The minimum Gasteiger partial charge on any atom is -0.378 e. The molecule has 1 atom stereocenters. The fraction of sp³-hybridized carbons (Fsp3) is 0.235. The normalized spacial score (nSPS) is 17.0. The van der Waals surface area contributed by atoms with E-state index in [0.29, 0.717) is 11.3 Å². The predicted octanol–water partition coefficient (Wildman–Crippen LogP) is 2.07. The van der Waals surface area contributed by atoms with Crippen molar-refractivity contribution in [1.82, 2.24) is 15.4 Å². The van der Waals surface area contributed by atoms with E-state index in [-0.39, 0.29) is 17.2 Å². The summed E-state index contributed by atoms with van der Waals surface area (Å²) >= 11 is 1.50. The van der Waals surface area contributed by atoms with Crippen LogP contribution in [-0.2, 0) is 4.79 Å². The van der Waals surface area contributed by atoms with Crippen LogP contribution in [0.15, 0.2) is 48.8 Å². The van der Waals surface area contributed by atoms with Gasteiger partial charge in [-0.25, -0.2) is 5.01 Å². The van der Waals surface area contributed by atoms with Gasteiger partial charge >= 0.3 is 0 Å². The van der Waals surface area contributed by atoms with Gasteiger partial charge in [0.05, 0.1) is 5.75 Å².